The summed E-state index contributed by atoms with van der Waals surface area (Å²) in [5.41, 5.74) is 2.62. The maximum atomic E-state index is 13.9. The van der Waals surface area contributed by atoms with Gasteiger partial charge in [0.15, 0.2) is 0 Å². The minimum absolute atomic E-state index is 0.0705. The number of amides is 2. The highest BCUT2D eigenvalue weighted by molar-refractivity contribution is 6.32. The third-order valence-corrected chi connectivity index (χ3v) is 7.33. The molecule has 0 atom stereocenters. The van der Waals surface area contributed by atoms with E-state index < -0.39 is 10.8 Å². The summed E-state index contributed by atoms with van der Waals surface area (Å²) in [4.78, 5) is 44.6. The Morgan fingerprint density at radius 3 is 2.50 bits per heavy atom. The van der Waals surface area contributed by atoms with Crippen LogP contribution in [-0.2, 0) is 22.5 Å². The van der Waals surface area contributed by atoms with E-state index in [2.05, 4.69) is 4.98 Å². The van der Waals surface area contributed by atoms with E-state index in [1.165, 1.54) is 17.0 Å². The molecule has 11 heteroatoms. The molecule has 2 amide bonds. The van der Waals surface area contributed by atoms with E-state index >= 15 is 0 Å². The molecule has 0 aliphatic carbocycles. The number of para-hydroxylation sites is 2. The van der Waals surface area contributed by atoms with Crippen molar-refractivity contribution in [1.29, 1.82) is 0 Å². The monoisotopic (exact) mass is 592 g/mol. The van der Waals surface area contributed by atoms with Crippen molar-refractivity contribution in [1.82, 2.24) is 14.8 Å². The molecule has 4 aromatic rings. The van der Waals surface area contributed by atoms with Gasteiger partial charge in [-0.2, -0.15) is 0 Å². The van der Waals surface area contributed by atoms with Crippen molar-refractivity contribution in [2.24, 2.45) is 0 Å². The van der Waals surface area contributed by atoms with E-state index in [9.17, 15) is 19.7 Å². The van der Waals surface area contributed by atoms with E-state index in [0.717, 1.165) is 28.1 Å². The van der Waals surface area contributed by atoms with Crippen molar-refractivity contribution in [3.63, 3.8) is 0 Å². The second kappa shape index (κ2) is 14.5. The number of hydrogen-bond donors (Lipinski definition) is 1. The topological polar surface area (TPSA) is 118 Å². The summed E-state index contributed by atoms with van der Waals surface area (Å²) in [5.74, 6) is -0.119. The van der Waals surface area contributed by atoms with E-state index in [0.29, 0.717) is 31.7 Å². The summed E-state index contributed by atoms with van der Waals surface area (Å²) >= 11 is 5.96. The normalized spacial score (nSPS) is 10.9. The highest BCUT2D eigenvalue weighted by Crippen LogP contribution is 2.26. The van der Waals surface area contributed by atoms with Crippen LogP contribution in [0.1, 0.15) is 27.9 Å². The Morgan fingerprint density at radius 2 is 1.74 bits per heavy atom. The van der Waals surface area contributed by atoms with Gasteiger partial charge in [-0.15, -0.1) is 0 Å². The third kappa shape index (κ3) is 7.45. The van der Waals surface area contributed by atoms with Gasteiger partial charge < -0.3 is 24.3 Å². The molecule has 0 saturated carbocycles. The molecule has 0 aliphatic heterocycles. The van der Waals surface area contributed by atoms with Gasteiger partial charge in [0.25, 0.3) is 11.6 Å². The molecule has 1 aromatic heterocycles. The number of ether oxygens (including phenoxy) is 2. The Morgan fingerprint density at radius 1 is 0.976 bits per heavy atom. The molecule has 1 heterocycles. The first-order valence-corrected chi connectivity index (χ1v) is 13.9. The van der Waals surface area contributed by atoms with Crippen LogP contribution in [0, 0.1) is 10.1 Å². The average Bonchev–Trinajstić information content (AvgIpc) is 3.41. The number of benzene rings is 3. The molecule has 4 rings (SSSR count). The molecule has 0 radical (unpaired) electrons. The number of carbonyl (C=O) groups excluding carboxylic acids is 2. The summed E-state index contributed by atoms with van der Waals surface area (Å²) in [5, 5.41) is 12.4. The van der Waals surface area contributed by atoms with Crippen LogP contribution in [-0.4, -0.2) is 72.0 Å². The molecule has 0 bridgehead atoms. The Bertz CT molecular complexity index is 1560. The summed E-state index contributed by atoms with van der Waals surface area (Å²) in [6, 6.07) is 19.3. The standard InChI is InChI=1S/C31H33ClN4O6/c1-41-17-7-15-35(31(38)22-12-13-26(32)28(18-22)36(39)40)21-30(37)34(20-24-8-3-6-11-29(24)42-2)16-14-23-19-33-27-10-5-4-9-25(23)27/h3-6,8-13,18-19,33H,7,14-17,20-21H2,1-2H3. The number of hydrogen-bond acceptors (Lipinski definition) is 6. The Balaban J connectivity index is 1.60. The van der Waals surface area contributed by atoms with Gasteiger partial charge >= 0.3 is 0 Å². The number of H-pyrrole nitrogens is 1. The quantitative estimate of drug-likeness (QED) is 0.118. The first-order valence-electron chi connectivity index (χ1n) is 13.5. The lowest BCUT2D eigenvalue weighted by molar-refractivity contribution is -0.384. The van der Waals surface area contributed by atoms with Gasteiger partial charge in [-0.3, -0.25) is 19.7 Å². The van der Waals surface area contributed by atoms with Crippen molar-refractivity contribution in [3.05, 3.63) is 105 Å². The predicted octanol–water partition coefficient (Wildman–Crippen LogP) is 5.49. The van der Waals surface area contributed by atoms with Gasteiger partial charge in [0.1, 0.15) is 17.3 Å². The van der Waals surface area contributed by atoms with Gasteiger partial charge in [-0.05, 0) is 42.7 Å². The fourth-order valence-corrected chi connectivity index (χ4v) is 5.00. The first-order chi connectivity index (χ1) is 20.3. The average molecular weight is 593 g/mol. The summed E-state index contributed by atoms with van der Waals surface area (Å²) < 4.78 is 10.7. The lowest BCUT2D eigenvalue weighted by atomic mass is 10.1. The molecular formula is C31H33ClN4O6. The zero-order chi connectivity index (χ0) is 30.1. The molecule has 0 aliphatic rings. The fraction of sp³-hybridized carbons (Fsp3) is 0.290. The van der Waals surface area contributed by atoms with Crippen LogP contribution < -0.4 is 4.74 Å². The number of halogens is 1. The Kier molecular flexibility index (Phi) is 10.5. The summed E-state index contributed by atoms with van der Waals surface area (Å²) in [6.45, 7) is 1.05. The molecule has 0 unspecified atom stereocenters. The van der Waals surface area contributed by atoms with Crippen LogP contribution in [0.25, 0.3) is 10.9 Å². The maximum Gasteiger partial charge on any atom is 0.288 e. The number of rotatable bonds is 14. The molecule has 0 saturated heterocycles. The van der Waals surface area contributed by atoms with E-state index in [1.54, 1.807) is 19.1 Å². The minimum atomic E-state index is -0.640. The van der Waals surface area contributed by atoms with Crippen molar-refractivity contribution in [2.75, 3.05) is 40.5 Å². The van der Waals surface area contributed by atoms with Crippen LogP contribution in [0.4, 0.5) is 5.69 Å². The van der Waals surface area contributed by atoms with E-state index in [4.69, 9.17) is 21.1 Å². The molecule has 10 nitrogen and oxygen atoms in total. The lowest BCUT2D eigenvalue weighted by Crippen LogP contribution is -2.44. The number of aromatic nitrogens is 1. The van der Waals surface area contributed by atoms with Gasteiger partial charge in [0.05, 0.1) is 12.0 Å². The molecule has 3 aromatic carbocycles. The van der Waals surface area contributed by atoms with Crippen molar-refractivity contribution in [2.45, 2.75) is 19.4 Å². The summed E-state index contributed by atoms with van der Waals surface area (Å²) in [6.07, 6.45) is 3.02. The number of nitrogens with zero attached hydrogens (tertiary/aromatic N) is 3. The van der Waals surface area contributed by atoms with Crippen LogP contribution >= 0.6 is 11.6 Å². The van der Waals surface area contributed by atoms with E-state index in [1.807, 2.05) is 54.7 Å². The van der Waals surface area contributed by atoms with Gasteiger partial charge in [-0.25, -0.2) is 0 Å². The number of methoxy groups -OCH3 is 2. The van der Waals surface area contributed by atoms with Crippen molar-refractivity contribution < 1.29 is 24.0 Å². The number of carbonyl (C=O) groups is 2. The van der Waals surface area contributed by atoms with Crippen molar-refractivity contribution in [3.8, 4) is 5.75 Å². The predicted molar refractivity (Wildman–Crippen MR) is 161 cm³/mol. The van der Waals surface area contributed by atoms with Crippen LogP contribution in [0.15, 0.2) is 72.9 Å². The smallest absolute Gasteiger partial charge is 0.288 e. The van der Waals surface area contributed by atoms with E-state index in [-0.39, 0.29) is 41.8 Å². The van der Waals surface area contributed by atoms with Crippen LogP contribution in [0.5, 0.6) is 5.75 Å². The van der Waals surface area contributed by atoms with Gasteiger partial charge in [0, 0.05) is 67.6 Å². The molecule has 0 fully saturated rings. The number of nitro benzene ring substituents is 1. The second-order valence-corrected chi connectivity index (χ2v) is 10.1. The minimum Gasteiger partial charge on any atom is -0.496 e. The lowest BCUT2D eigenvalue weighted by Gasteiger charge is -2.28. The zero-order valence-electron chi connectivity index (χ0n) is 23.5. The number of nitrogens with one attached hydrogen (secondary N) is 1. The maximum absolute atomic E-state index is 13.9. The van der Waals surface area contributed by atoms with Crippen LogP contribution in [0.3, 0.4) is 0 Å². The number of aromatic amines is 1. The molecule has 0 spiro atoms. The highest BCUT2D eigenvalue weighted by Gasteiger charge is 2.25. The highest BCUT2D eigenvalue weighted by atomic mass is 35.5. The largest absolute Gasteiger partial charge is 0.496 e. The molecule has 1 N–H and O–H groups in total. The first kappa shape index (κ1) is 30.5. The molecular weight excluding hydrogens is 560 g/mol. The summed E-state index contributed by atoms with van der Waals surface area (Å²) in [7, 11) is 3.14. The molecule has 220 valence electrons. The second-order valence-electron chi connectivity index (χ2n) is 9.73. The fourth-order valence-electron chi connectivity index (χ4n) is 4.81. The Hall–Kier alpha value is -4.41. The SMILES string of the molecule is COCCCN(CC(=O)N(CCc1c[nH]c2ccccc12)Cc1ccccc1OC)C(=O)c1ccc(Cl)c([N+](=O)[O-])c1. The third-order valence-electron chi connectivity index (χ3n) is 7.01. The van der Waals surface area contributed by atoms with Crippen molar-refractivity contribution >= 4 is 40.0 Å². The Labute approximate surface area is 248 Å². The van der Waals surface area contributed by atoms with Gasteiger partial charge in [0.2, 0.25) is 5.91 Å². The van der Waals surface area contributed by atoms with Crippen LogP contribution in [0.2, 0.25) is 5.02 Å². The number of nitro groups is 1. The molecule has 42 heavy (non-hydrogen) atoms. The van der Waals surface area contributed by atoms with Gasteiger partial charge in [-0.1, -0.05) is 48.0 Å². The number of fused-ring (bicyclic) bond motifs is 1. The zero-order valence-corrected chi connectivity index (χ0v) is 24.3.